The molecule has 1 aromatic heterocycles. The maximum atomic E-state index is 11.2. The maximum Gasteiger partial charge on any atom is 0.251 e. The number of hydrogen-bond donors (Lipinski definition) is 1. The summed E-state index contributed by atoms with van der Waals surface area (Å²) in [7, 11) is 0. The van der Waals surface area contributed by atoms with Crippen LogP contribution in [-0.4, -0.2) is 4.98 Å². The van der Waals surface area contributed by atoms with Gasteiger partial charge in [0.15, 0.2) is 0 Å². The molecule has 0 saturated carbocycles. The molecule has 2 heteroatoms. The van der Waals surface area contributed by atoms with E-state index in [-0.39, 0.29) is 5.56 Å². The van der Waals surface area contributed by atoms with Crippen LogP contribution in [0.4, 0.5) is 0 Å². The first kappa shape index (κ1) is 17.1. The highest BCUT2D eigenvalue weighted by Crippen LogP contribution is 1.74. The minimum atomic E-state index is -0.00583. The Kier molecular flexibility index (Phi) is 10.9. The van der Waals surface area contributed by atoms with Crippen LogP contribution in [-0.2, 0) is 0 Å². The number of nitrogens with one attached hydrogen (secondary N) is 1. The van der Waals surface area contributed by atoms with Gasteiger partial charge in [-0.2, -0.15) is 0 Å². The van der Waals surface area contributed by atoms with Gasteiger partial charge in [-0.05, 0) is 32.1 Å². The molecule has 0 saturated heterocycles. The molecule has 1 aromatic rings. The van der Waals surface area contributed by atoms with Gasteiger partial charge in [-0.15, -0.1) is 0 Å². The zero-order chi connectivity index (χ0) is 13.1. The molecule has 0 unspecified atom stereocenters. The summed E-state index contributed by atoms with van der Waals surface area (Å²) in [6.45, 7) is 13.7. The van der Waals surface area contributed by atoms with Gasteiger partial charge in [-0.1, -0.05) is 39.8 Å². The lowest BCUT2D eigenvalue weighted by Crippen LogP contribution is -2.34. The maximum absolute atomic E-state index is 11.2. The van der Waals surface area contributed by atoms with Crippen molar-refractivity contribution in [2.75, 3.05) is 0 Å². The van der Waals surface area contributed by atoms with Crippen molar-refractivity contribution in [3.8, 4) is 0 Å². The van der Waals surface area contributed by atoms with Crippen LogP contribution in [0.3, 0.4) is 0 Å². The molecule has 0 aliphatic carbocycles. The second kappa shape index (κ2) is 10.2. The summed E-state index contributed by atoms with van der Waals surface area (Å²) in [6.07, 6.45) is 3.88. The highest BCUT2D eigenvalue weighted by molar-refractivity contribution is 5.27. The van der Waals surface area contributed by atoms with Crippen molar-refractivity contribution in [2.45, 2.75) is 48.5 Å². The van der Waals surface area contributed by atoms with Crippen molar-refractivity contribution < 1.29 is 0 Å². The SMILES string of the molecule is C/C=c1/cc(C)c(=O)[nH]/c1=C/C.CC.CC. The van der Waals surface area contributed by atoms with E-state index in [1.807, 2.05) is 66.7 Å². The molecular formula is C14H25NO. The highest BCUT2D eigenvalue weighted by Gasteiger charge is 1.91. The fourth-order valence-corrected chi connectivity index (χ4v) is 1.15. The molecule has 1 rings (SSSR count). The van der Waals surface area contributed by atoms with E-state index in [1.54, 1.807) is 0 Å². The van der Waals surface area contributed by atoms with E-state index < -0.39 is 0 Å². The Balaban J connectivity index is 0. The number of pyridine rings is 1. The standard InChI is InChI=1S/C10H13NO.2C2H6/c1-4-8-6-7(3)10(12)11-9(8)5-2;2*1-2/h4-6H,1-3H3,(H,11,12);2*1-2H3/b8-4-,9-5+;;. The number of hydrogen-bond acceptors (Lipinski definition) is 1. The molecule has 92 valence electrons. The Bertz CT molecular complexity index is 441. The molecule has 0 aliphatic heterocycles. The molecule has 0 bridgehead atoms. The second-order valence-corrected chi connectivity index (χ2v) is 2.73. The van der Waals surface area contributed by atoms with Crippen molar-refractivity contribution >= 4 is 12.2 Å². The topological polar surface area (TPSA) is 32.9 Å². The van der Waals surface area contributed by atoms with E-state index in [0.717, 1.165) is 16.1 Å². The Labute approximate surface area is 98.7 Å². The van der Waals surface area contributed by atoms with E-state index in [2.05, 4.69) is 4.98 Å². The van der Waals surface area contributed by atoms with Gasteiger partial charge >= 0.3 is 0 Å². The summed E-state index contributed by atoms with van der Waals surface area (Å²) in [5, 5.41) is 1.97. The van der Waals surface area contributed by atoms with Gasteiger partial charge in [0.2, 0.25) is 0 Å². The smallest absolute Gasteiger partial charge is 0.251 e. The molecule has 0 radical (unpaired) electrons. The summed E-state index contributed by atoms with van der Waals surface area (Å²) in [5.41, 5.74) is 0.752. The summed E-state index contributed by atoms with van der Waals surface area (Å²) in [4.78, 5) is 14.0. The molecule has 0 atom stereocenters. The van der Waals surface area contributed by atoms with Gasteiger partial charge in [-0.25, -0.2) is 0 Å². The van der Waals surface area contributed by atoms with Crippen LogP contribution < -0.4 is 16.1 Å². The summed E-state index contributed by atoms with van der Waals surface area (Å²) in [6, 6.07) is 1.90. The van der Waals surface area contributed by atoms with Crippen molar-refractivity contribution in [3.05, 3.63) is 32.6 Å². The zero-order valence-corrected chi connectivity index (χ0v) is 11.6. The number of H-pyrrole nitrogens is 1. The van der Waals surface area contributed by atoms with Crippen LogP contribution in [0.5, 0.6) is 0 Å². The van der Waals surface area contributed by atoms with E-state index >= 15 is 0 Å². The van der Waals surface area contributed by atoms with Crippen LogP contribution in [0.25, 0.3) is 12.2 Å². The molecule has 0 fully saturated rings. The van der Waals surface area contributed by atoms with E-state index in [0.29, 0.717) is 0 Å². The van der Waals surface area contributed by atoms with Crippen LogP contribution in [0, 0.1) is 6.92 Å². The molecule has 1 heterocycles. The lowest BCUT2D eigenvalue weighted by Gasteiger charge is -1.92. The molecule has 0 amide bonds. The first-order valence-corrected chi connectivity index (χ1v) is 6.01. The zero-order valence-electron chi connectivity index (χ0n) is 11.6. The highest BCUT2D eigenvalue weighted by atomic mass is 16.1. The first-order valence-electron chi connectivity index (χ1n) is 6.01. The minimum absolute atomic E-state index is 0.00583. The third-order valence-corrected chi connectivity index (χ3v) is 1.89. The predicted molar refractivity (Wildman–Crippen MR) is 74.0 cm³/mol. The number of aromatic nitrogens is 1. The Morgan fingerprint density at radius 1 is 1.06 bits per heavy atom. The number of aryl methyl sites for hydroxylation is 1. The predicted octanol–water partition coefficient (Wildman–Crippen LogP) is 2.34. The van der Waals surface area contributed by atoms with Gasteiger partial charge in [0.25, 0.3) is 5.56 Å². The fraction of sp³-hybridized carbons (Fsp3) is 0.500. The summed E-state index contributed by atoms with van der Waals surface area (Å²) in [5.74, 6) is 0. The third kappa shape index (κ3) is 4.96. The van der Waals surface area contributed by atoms with Crippen molar-refractivity contribution in [3.63, 3.8) is 0 Å². The van der Waals surface area contributed by atoms with Crippen LogP contribution in [0.1, 0.15) is 47.1 Å². The molecule has 0 aromatic carbocycles. The largest absolute Gasteiger partial charge is 0.322 e. The molecule has 0 aliphatic rings. The van der Waals surface area contributed by atoms with Crippen LogP contribution in [0.2, 0.25) is 0 Å². The van der Waals surface area contributed by atoms with Gasteiger partial charge < -0.3 is 4.98 Å². The van der Waals surface area contributed by atoms with E-state index in [4.69, 9.17) is 0 Å². The number of aromatic amines is 1. The van der Waals surface area contributed by atoms with Crippen LogP contribution in [0.15, 0.2) is 10.9 Å². The molecular weight excluding hydrogens is 198 g/mol. The van der Waals surface area contributed by atoms with Crippen molar-refractivity contribution in [1.29, 1.82) is 0 Å². The Morgan fingerprint density at radius 3 is 1.94 bits per heavy atom. The average Bonchev–Trinajstić information content (AvgIpc) is 2.37. The quantitative estimate of drug-likeness (QED) is 0.719. The summed E-state index contributed by atoms with van der Waals surface area (Å²) >= 11 is 0. The fourth-order valence-electron chi connectivity index (χ4n) is 1.15. The molecule has 1 N–H and O–H groups in total. The van der Waals surface area contributed by atoms with E-state index in [1.165, 1.54) is 0 Å². The summed E-state index contributed by atoms with van der Waals surface area (Å²) < 4.78 is 0. The molecule has 2 nitrogen and oxygen atoms in total. The monoisotopic (exact) mass is 223 g/mol. The van der Waals surface area contributed by atoms with Crippen molar-refractivity contribution in [2.24, 2.45) is 0 Å². The molecule has 16 heavy (non-hydrogen) atoms. The molecule has 0 spiro atoms. The Morgan fingerprint density at radius 2 is 1.56 bits per heavy atom. The third-order valence-electron chi connectivity index (χ3n) is 1.89. The first-order chi connectivity index (χ1) is 7.69. The Hall–Kier alpha value is -1.31. The average molecular weight is 223 g/mol. The second-order valence-electron chi connectivity index (χ2n) is 2.73. The lowest BCUT2D eigenvalue weighted by atomic mass is 10.2. The normalized spacial score (nSPS) is 11.2. The van der Waals surface area contributed by atoms with Crippen molar-refractivity contribution in [1.82, 2.24) is 4.98 Å². The van der Waals surface area contributed by atoms with Crippen LogP contribution >= 0.6 is 0 Å². The van der Waals surface area contributed by atoms with E-state index in [9.17, 15) is 4.79 Å². The van der Waals surface area contributed by atoms with Gasteiger partial charge in [-0.3, -0.25) is 4.79 Å². The minimum Gasteiger partial charge on any atom is -0.322 e. The number of rotatable bonds is 0. The van der Waals surface area contributed by atoms with Gasteiger partial charge in [0.1, 0.15) is 0 Å². The van der Waals surface area contributed by atoms with Gasteiger partial charge in [0, 0.05) is 10.9 Å². The van der Waals surface area contributed by atoms with Gasteiger partial charge in [0.05, 0.1) is 0 Å². The lowest BCUT2D eigenvalue weighted by molar-refractivity contribution is 1.11.